The highest BCUT2D eigenvalue weighted by Gasteiger charge is 2.11. The number of benzene rings is 2. The van der Waals surface area contributed by atoms with Crippen molar-refractivity contribution in [3.05, 3.63) is 42.5 Å². The molecular formula is C16H15N3OS. The molecule has 0 aliphatic rings. The Labute approximate surface area is 126 Å². The minimum Gasteiger partial charge on any atom is -0.496 e. The molecule has 0 fully saturated rings. The van der Waals surface area contributed by atoms with Crippen molar-refractivity contribution in [1.29, 1.82) is 0 Å². The molecule has 0 saturated heterocycles. The molecular weight excluding hydrogens is 282 g/mol. The average molecular weight is 297 g/mol. The Hall–Kier alpha value is -2.40. The van der Waals surface area contributed by atoms with Gasteiger partial charge in [-0.1, -0.05) is 12.1 Å². The van der Waals surface area contributed by atoms with Crippen LogP contribution in [0.15, 0.2) is 47.5 Å². The number of ether oxygens (including phenoxy) is 1. The molecule has 0 aliphatic heterocycles. The van der Waals surface area contributed by atoms with Crippen molar-refractivity contribution in [3.63, 3.8) is 0 Å². The Kier molecular flexibility index (Phi) is 3.58. The lowest BCUT2D eigenvalue weighted by Gasteiger charge is -2.04. The van der Waals surface area contributed by atoms with E-state index in [2.05, 4.69) is 9.98 Å². The largest absolute Gasteiger partial charge is 0.496 e. The summed E-state index contributed by atoms with van der Waals surface area (Å²) in [7, 11) is 1.67. The lowest BCUT2D eigenvalue weighted by molar-refractivity contribution is 0.416. The first-order valence-electron chi connectivity index (χ1n) is 6.52. The Balaban J connectivity index is 2.11. The van der Waals surface area contributed by atoms with Crippen LogP contribution in [-0.2, 0) is 0 Å². The second-order valence-corrected chi connectivity index (χ2v) is 5.66. The van der Waals surface area contributed by atoms with E-state index in [4.69, 9.17) is 10.5 Å². The van der Waals surface area contributed by atoms with Crippen LogP contribution in [0.1, 0.15) is 6.92 Å². The summed E-state index contributed by atoms with van der Waals surface area (Å²) in [5.74, 6) is 1.36. The zero-order valence-electron chi connectivity index (χ0n) is 11.8. The molecule has 2 N–H and O–H groups in total. The fourth-order valence-corrected chi connectivity index (χ4v) is 3.10. The van der Waals surface area contributed by atoms with Gasteiger partial charge in [-0.2, -0.15) is 0 Å². The van der Waals surface area contributed by atoms with Crippen LogP contribution in [0, 0.1) is 0 Å². The molecule has 0 atom stereocenters. The van der Waals surface area contributed by atoms with Crippen molar-refractivity contribution in [1.82, 2.24) is 4.98 Å². The zero-order valence-corrected chi connectivity index (χ0v) is 12.6. The van der Waals surface area contributed by atoms with Crippen molar-refractivity contribution in [2.24, 2.45) is 10.7 Å². The maximum atomic E-state index is 5.62. The number of hydrogen-bond acceptors (Lipinski definition) is 4. The fourth-order valence-electron chi connectivity index (χ4n) is 2.13. The summed E-state index contributed by atoms with van der Waals surface area (Å²) in [4.78, 5) is 8.95. The molecule has 0 radical (unpaired) electrons. The molecule has 0 spiro atoms. The summed E-state index contributed by atoms with van der Waals surface area (Å²) in [6.45, 7) is 1.77. The molecule has 1 aromatic heterocycles. The molecule has 0 amide bonds. The molecule has 1 heterocycles. The minimum atomic E-state index is 0.537. The van der Waals surface area contributed by atoms with Gasteiger partial charge in [-0.25, -0.2) is 9.98 Å². The Morgan fingerprint density at radius 1 is 1.24 bits per heavy atom. The summed E-state index contributed by atoms with van der Waals surface area (Å²) >= 11 is 1.64. The van der Waals surface area contributed by atoms with E-state index in [1.165, 1.54) is 0 Å². The number of thiazole rings is 1. The summed E-state index contributed by atoms with van der Waals surface area (Å²) < 4.78 is 6.52. The van der Waals surface area contributed by atoms with Gasteiger partial charge in [-0.15, -0.1) is 11.3 Å². The van der Waals surface area contributed by atoms with E-state index in [0.29, 0.717) is 5.84 Å². The molecule has 3 aromatic rings. The number of hydrogen-bond donors (Lipinski definition) is 1. The van der Waals surface area contributed by atoms with Crippen LogP contribution in [0.4, 0.5) is 5.69 Å². The first kappa shape index (κ1) is 13.6. The highest BCUT2D eigenvalue weighted by Crippen LogP contribution is 2.36. The van der Waals surface area contributed by atoms with E-state index >= 15 is 0 Å². The topological polar surface area (TPSA) is 60.5 Å². The number of aromatic nitrogens is 1. The Bertz CT molecular complexity index is 819. The first-order valence-corrected chi connectivity index (χ1v) is 7.34. The highest BCUT2D eigenvalue weighted by molar-refractivity contribution is 7.21. The number of rotatable bonds is 3. The summed E-state index contributed by atoms with van der Waals surface area (Å²) in [5, 5.41) is 0.938. The monoisotopic (exact) mass is 297 g/mol. The number of methoxy groups -OCH3 is 1. The van der Waals surface area contributed by atoms with Gasteiger partial charge in [-0.3, -0.25) is 0 Å². The van der Waals surface area contributed by atoms with Crippen molar-refractivity contribution < 1.29 is 4.74 Å². The second-order valence-electron chi connectivity index (χ2n) is 4.62. The van der Waals surface area contributed by atoms with Gasteiger partial charge in [0.25, 0.3) is 0 Å². The fraction of sp³-hybridized carbons (Fsp3) is 0.125. The zero-order chi connectivity index (χ0) is 14.8. The van der Waals surface area contributed by atoms with Crippen molar-refractivity contribution in [2.75, 3.05) is 7.11 Å². The van der Waals surface area contributed by atoms with Crippen LogP contribution in [0.3, 0.4) is 0 Å². The lowest BCUT2D eigenvalue weighted by Crippen LogP contribution is -2.03. The van der Waals surface area contributed by atoms with Crippen LogP contribution < -0.4 is 10.5 Å². The van der Waals surface area contributed by atoms with Crippen molar-refractivity contribution in [3.8, 4) is 16.3 Å². The predicted molar refractivity (Wildman–Crippen MR) is 88.6 cm³/mol. The van der Waals surface area contributed by atoms with Gasteiger partial charge >= 0.3 is 0 Å². The highest BCUT2D eigenvalue weighted by atomic mass is 32.1. The average Bonchev–Trinajstić information content (AvgIpc) is 2.89. The normalized spacial score (nSPS) is 11.8. The number of amidine groups is 1. The Morgan fingerprint density at radius 2 is 2.05 bits per heavy atom. The maximum Gasteiger partial charge on any atom is 0.129 e. The summed E-state index contributed by atoms with van der Waals surface area (Å²) in [5.41, 5.74) is 8.36. The third-order valence-corrected chi connectivity index (χ3v) is 4.08. The summed E-state index contributed by atoms with van der Waals surface area (Å²) in [6.07, 6.45) is 0. The first-order chi connectivity index (χ1) is 10.2. The SMILES string of the molecule is COc1ccccc1-c1nc2cc(N=C(C)N)ccc2s1. The molecule has 2 aromatic carbocycles. The van der Waals surface area contributed by atoms with E-state index in [-0.39, 0.29) is 0 Å². The lowest BCUT2D eigenvalue weighted by atomic mass is 10.2. The van der Waals surface area contributed by atoms with Gasteiger partial charge in [0.1, 0.15) is 10.8 Å². The number of nitrogens with two attached hydrogens (primary N) is 1. The van der Waals surface area contributed by atoms with Gasteiger partial charge in [-0.05, 0) is 37.3 Å². The van der Waals surface area contributed by atoms with Gasteiger partial charge in [0.05, 0.1) is 34.4 Å². The van der Waals surface area contributed by atoms with E-state index in [1.54, 1.807) is 25.4 Å². The molecule has 0 saturated carbocycles. The third kappa shape index (κ3) is 2.73. The van der Waals surface area contributed by atoms with E-state index in [1.807, 2.05) is 42.5 Å². The number of fused-ring (bicyclic) bond motifs is 1. The Morgan fingerprint density at radius 3 is 2.81 bits per heavy atom. The third-order valence-electron chi connectivity index (χ3n) is 3.01. The molecule has 3 rings (SSSR count). The van der Waals surface area contributed by atoms with Crippen LogP contribution in [0.25, 0.3) is 20.8 Å². The van der Waals surface area contributed by atoms with E-state index < -0.39 is 0 Å². The van der Waals surface area contributed by atoms with Crippen LogP contribution >= 0.6 is 11.3 Å². The smallest absolute Gasteiger partial charge is 0.129 e. The van der Waals surface area contributed by atoms with Crippen LogP contribution in [0.5, 0.6) is 5.75 Å². The van der Waals surface area contributed by atoms with E-state index in [0.717, 1.165) is 32.2 Å². The second kappa shape index (κ2) is 5.54. The molecule has 0 aliphatic carbocycles. The van der Waals surface area contributed by atoms with E-state index in [9.17, 15) is 0 Å². The minimum absolute atomic E-state index is 0.537. The summed E-state index contributed by atoms with van der Waals surface area (Å²) in [6, 6.07) is 13.8. The number of aliphatic imine (C=N–C) groups is 1. The number of nitrogens with zero attached hydrogens (tertiary/aromatic N) is 2. The molecule has 21 heavy (non-hydrogen) atoms. The molecule has 4 nitrogen and oxygen atoms in total. The predicted octanol–water partition coefficient (Wildman–Crippen LogP) is 3.98. The standard InChI is InChI=1S/C16H15N3OS/c1-10(17)18-11-7-8-15-13(9-11)19-16(21-15)12-5-3-4-6-14(12)20-2/h3-9H,1-2H3,(H2,17,18). The van der Waals surface area contributed by atoms with Gasteiger partial charge < -0.3 is 10.5 Å². The molecule has 0 bridgehead atoms. The van der Waals surface area contributed by atoms with Crippen molar-refractivity contribution >= 4 is 33.1 Å². The van der Waals surface area contributed by atoms with Gasteiger partial charge in [0.15, 0.2) is 0 Å². The van der Waals surface area contributed by atoms with Gasteiger partial charge in [0, 0.05) is 0 Å². The van der Waals surface area contributed by atoms with Crippen LogP contribution in [-0.4, -0.2) is 17.9 Å². The molecule has 0 unspecified atom stereocenters. The van der Waals surface area contributed by atoms with Crippen molar-refractivity contribution in [2.45, 2.75) is 6.92 Å². The number of para-hydroxylation sites is 1. The maximum absolute atomic E-state index is 5.62. The van der Waals surface area contributed by atoms with Crippen LogP contribution in [0.2, 0.25) is 0 Å². The molecule has 5 heteroatoms. The molecule has 106 valence electrons. The van der Waals surface area contributed by atoms with Gasteiger partial charge in [0.2, 0.25) is 0 Å². The quantitative estimate of drug-likeness (QED) is 0.587.